The minimum atomic E-state index is -4.40. The lowest BCUT2D eigenvalue weighted by Crippen LogP contribution is -2.37. The number of pyridine rings is 1. The van der Waals surface area contributed by atoms with E-state index in [1.165, 1.54) is 29.1 Å². The molecule has 0 aromatic carbocycles. The Hall–Kier alpha value is -2.55. The van der Waals surface area contributed by atoms with Gasteiger partial charge in [0, 0.05) is 12.3 Å². The molecule has 0 saturated carbocycles. The minimum absolute atomic E-state index is 0.00599. The number of hydrogen-bond donors (Lipinski definition) is 0. The van der Waals surface area contributed by atoms with Crippen LogP contribution < -0.4 is 4.74 Å². The maximum Gasteiger partial charge on any atom is 0.397 e. The number of nitrogens with zero attached hydrogens (tertiary/aromatic N) is 3. The summed E-state index contributed by atoms with van der Waals surface area (Å²) in [6.07, 6.45) is -2.94. The summed E-state index contributed by atoms with van der Waals surface area (Å²) in [6, 6.07) is 4.33. The number of esters is 1. The van der Waals surface area contributed by atoms with E-state index in [-0.39, 0.29) is 22.4 Å². The van der Waals surface area contributed by atoms with Crippen LogP contribution in [0.4, 0.5) is 13.2 Å². The van der Waals surface area contributed by atoms with Crippen LogP contribution in [0.2, 0.25) is 5.15 Å². The Bertz CT molecular complexity index is 876. The fraction of sp³-hybridized carbons (Fsp3) is 0.542. The molecule has 0 fully saturated rings. The van der Waals surface area contributed by atoms with Gasteiger partial charge in [-0.3, -0.25) is 0 Å². The lowest BCUT2D eigenvalue weighted by Gasteiger charge is -2.26. The lowest BCUT2D eigenvalue weighted by molar-refractivity contribution is -0.219. The zero-order valence-corrected chi connectivity index (χ0v) is 22.3. The van der Waals surface area contributed by atoms with Crippen LogP contribution in [0.1, 0.15) is 72.7 Å². The van der Waals surface area contributed by atoms with Gasteiger partial charge in [-0.1, -0.05) is 39.3 Å². The summed E-state index contributed by atoms with van der Waals surface area (Å²) in [6.45, 7) is 20.7. The van der Waals surface area contributed by atoms with E-state index < -0.39 is 29.8 Å². The van der Waals surface area contributed by atoms with E-state index in [4.69, 9.17) is 21.1 Å². The molecular formula is C24H37ClF3N3O3. The molecule has 2 rings (SSSR count). The Morgan fingerprint density at radius 2 is 1.56 bits per heavy atom. The third kappa shape index (κ3) is 10.6. The molecule has 0 N–H and O–H groups in total. The average Bonchev–Trinajstić information content (AvgIpc) is 3.24. The standard InChI is InChI=1S/C18H21ClF3N3O3.2C2H6.C2H4/c1-16(2,3)28-15(26)11-6-7-12(23-14(11)19)25-9-8-13(24-25)27-10-17(4,5)18(20,21)22;3*1-2/h6-9H,10H2,1-5H3;2*1-2H3;1-2H2. The molecule has 0 bridgehead atoms. The summed E-state index contributed by atoms with van der Waals surface area (Å²) < 4.78 is 50.4. The largest absolute Gasteiger partial charge is 0.476 e. The Morgan fingerprint density at radius 3 is 2.00 bits per heavy atom. The van der Waals surface area contributed by atoms with Crippen molar-refractivity contribution in [2.45, 2.75) is 74.1 Å². The van der Waals surface area contributed by atoms with Crippen LogP contribution in [0.5, 0.6) is 5.88 Å². The predicted octanol–water partition coefficient (Wildman–Crippen LogP) is 7.70. The molecule has 10 heteroatoms. The van der Waals surface area contributed by atoms with Crippen LogP contribution >= 0.6 is 11.6 Å². The topological polar surface area (TPSA) is 66.2 Å². The highest BCUT2D eigenvalue weighted by Gasteiger charge is 2.48. The first-order valence-corrected chi connectivity index (χ1v) is 11.2. The van der Waals surface area contributed by atoms with Crippen molar-refractivity contribution in [3.05, 3.63) is 48.3 Å². The Balaban J connectivity index is 0. The van der Waals surface area contributed by atoms with Crippen molar-refractivity contribution in [3.63, 3.8) is 0 Å². The first-order valence-electron chi connectivity index (χ1n) is 10.8. The van der Waals surface area contributed by atoms with Gasteiger partial charge < -0.3 is 9.47 Å². The molecule has 0 aliphatic rings. The van der Waals surface area contributed by atoms with Gasteiger partial charge >= 0.3 is 12.1 Å². The van der Waals surface area contributed by atoms with E-state index in [0.717, 1.165) is 13.8 Å². The van der Waals surface area contributed by atoms with Crippen LogP contribution in [0.15, 0.2) is 37.6 Å². The van der Waals surface area contributed by atoms with E-state index in [1.807, 2.05) is 27.7 Å². The number of aromatic nitrogens is 3. The highest BCUT2D eigenvalue weighted by atomic mass is 35.5. The summed E-state index contributed by atoms with van der Waals surface area (Å²) in [7, 11) is 0. The fourth-order valence-corrected chi connectivity index (χ4v) is 2.11. The van der Waals surface area contributed by atoms with Crippen molar-refractivity contribution in [2.75, 3.05) is 6.61 Å². The minimum Gasteiger partial charge on any atom is -0.476 e. The molecule has 0 aliphatic heterocycles. The van der Waals surface area contributed by atoms with Gasteiger partial charge in [0.05, 0.1) is 11.0 Å². The van der Waals surface area contributed by atoms with Gasteiger partial charge in [0.25, 0.3) is 0 Å². The van der Waals surface area contributed by atoms with Crippen molar-refractivity contribution >= 4 is 17.6 Å². The molecule has 0 aliphatic carbocycles. The second-order valence-electron chi connectivity index (χ2n) is 7.78. The maximum atomic E-state index is 12.9. The number of hydrogen-bond acceptors (Lipinski definition) is 5. The third-order valence-electron chi connectivity index (χ3n) is 3.60. The van der Waals surface area contributed by atoms with E-state index in [2.05, 4.69) is 23.2 Å². The first kappa shape index (κ1) is 33.6. The van der Waals surface area contributed by atoms with Gasteiger partial charge in [-0.25, -0.2) is 14.5 Å². The first-order chi connectivity index (χ1) is 15.7. The summed E-state index contributed by atoms with van der Waals surface area (Å²) in [5, 5.41) is 3.95. The highest BCUT2D eigenvalue weighted by molar-refractivity contribution is 6.32. The predicted molar refractivity (Wildman–Crippen MR) is 131 cm³/mol. The van der Waals surface area contributed by atoms with Crippen LogP contribution in [0.25, 0.3) is 5.82 Å². The Labute approximate surface area is 206 Å². The van der Waals surface area contributed by atoms with E-state index >= 15 is 0 Å². The number of alkyl halides is 3. The van der Waals surface area contributed by atoms with E-state index in [1.54, 1.807) is 20.8 Å². The van der Waals surface area contributed by atoms with Gasteiger partial charge in [0.1, 0.15) is 17.4 Å². The molecular weight excluding hydrogens is 471 g/mol. The Kier molecular flexibility index (Phi) is 14.5. The molecule has 6 nitrogen and oxygen atoms in total. The van der Waals surface area contributed by atoms with E-state index in [9.17, 15) is 18.0 Å². The molecule has 2 aromatic heterocycles. The van der Waals surface area contributed by atoms with Crippen LogP contribution in [0.3, 0.4) is 0 Å². The van der Waals surface area contributed by atoms with Gasteiger partial charge in [-0.2, -0.15) is 13.2 Å². The summed E-state index contributed by atoms with van der Waals surface area (Å²) in [5.74, 6) is -0.343. The summed E-state index contributed by atoms with van der Waals surface area (Å²) in [4.78, 5) is 16.2. The summed E-state index contributed by atoms with van der Waals surface area (Å²) in [5.41, 5.74) is -2.61. The van der Waals surface area contributed by atoms with Crippen molar-refractivity contribution in [1.29, 1.82) is 0 Å². The van der Waals surface area contributed by atoms with Crippen LogP contribution in [-0.2, 0) is 4.74 Å². The average molecular weight is 508 g/mol. The van der Waals surface area contributed by atoms with Crippen LogP contribution in [-0.4, -0.2) is 39.1 Å². The molecule has 0 unspecified atom stereocenters. The van der Waals surface area contributed by atoms with Crippen LogP contribution in [0, 0.1) is 5.41 Å². The summed E-state index contributed by atoms with van der Waals surface area (Å²) >= 11 is 6.07. The van der Waals surface area contributed by atoms with Gasteiger partial charge in [-0.15, -0.1) is 18.3 Å². The number of ether oxygens (including phenoxy) is 2. The quantitative estimate of drug-likeness (QED) is 0.235. The molecule has 194 valence electrons. The number of carbonyl (C=O) groups excluding carboxylic acids is 1. The molecule has 2 aromatic rings. The van der Waals surface area contributed by atoms with Gasteiger partial charge in [0.2, 0.25) is 5.88 Å². The molecule has 0 atom stereocenters. The lowest BCUT2D eigenvalue weighted by atomic mass is 9.94. The van der Waals surface area contributed by atoms with E-state index in [0.29, 0.717) is 0 Å². The third-order valence-corrected chi connectivity index (χ3v) is 3.89. The van der Waals surface area contributed by atoms with Gasteiger partial charge in [-0.05, 0) is 46.8 Å². The molecule has 0 spiro atoms. The maximum absolute atomic E-state index is 12.9. The number of rotatable bonds is 5. The van der Waals surface area contributed by atoms with Gasteiger partial charge in [0.15, 0.2) is 5.82 Å². The molecule has 0 radical (unpaired) electrons. The second kappa shape index (κ2) is 14.7. The highest BCUT2D eigenvalue weighted by Crippen LogP contribution is 2.37. The number of carbonyl (C=O) groups is 1. The molecule has 0 amide bonds. The molecule has 2 heterocycles. The molecule has 0 saturated heterocycles. The van der Waals surface area contributed by atoms with Crippen molar-refractivity contribution < 1.29 is 27.4 Å². The fourth-order valence-electron chi connectivity index (χ4n) is 1.89. The zero-order chi connectivity index (χ0) is 27.3. The Morgan fingerprint density at radius 1 is 1.03 bits per heavy atom. The SMILES string of the molecule is C=C.CC.CC.CC(C)(C)OC(=O)c1ccc(-n2ccc(OCC(C)(C)C(F)(F)F)n2)nc1Cl. The monoisotopic (exact) mass is 507 g/mol. The second-order valence-corrected chi connectivity index (χ2v) is 8.14. The number of halogens is 4. The van der Waals surface area contributed by atoms with Crippen molar-refractivity contribution in [2.24, 2.45) is 5.41 Å². The normalized spacial score (nSPS) is 11.0. The van der Waals surface area contributed by atoms with Crippen molar-refractivity contribution in [3.8, 4) is 11.7 Å². The molecule has 34 heavy (non-hydrogen) atoms. The van der Waals surface area contributed by atoms with Crippen molar-refractivity contribution in [1.82, 2.24) is 14.8 Å². The smallest absolute Gasteiger partial charge is 0.397 e. The zero-order valence-electron chi connectivity index (χ0n) is 21.5.